The molecule has 62 valence electrons. The minimum atomic E-state index is 0.881. The first-order valence-electron chi connectivity index (χ1n) is 3.82. The van der Waals surface area contributed by atoms with Crippen molar-refractivity contribution in [3.63, 3.8) is 0 Å². The summed E-state index contributed by atoms with van der Waals surface area (Å²) in [5.41, 5.74) is 1.81. The van der Waals surface area contributed by atoms with Gasteiger partial charge in [0.1, 0.15) is 0 Å². The maximum Gasteiger partial charge on any atom is 0.0715 e. The standard InChI is InChI=1S/C11H6BrN/c1-2-8-5-6-13-11-4-3-9(12)7-10(8)11/h1,3-7H. The van der Waals surface area contributed by atoms with Crippen LogP contribution in [-0.2, 0) is 0 Å². The second-order valence-electron chi connectivity index (χ2n) is 2.66. The van der Waals surface area contributed by atoms with Gasteiger partial charge in [-0.05, 0) is 24.3 Å². The third-order valence-corrected chi connectivity index (χ3v) is 2.35. The van der Waals surface area contributed by atoms with Crippen LogP contribution in [-0.4, -0.2) is 4.98 Å². The van der Waals surface area contributed by atoms with Gasteiger partial charge in [-0.25, -0.2) is 0 Å². The molecule has 0 amide bonds. The van der Waals surface area contributed by atoms with Crippen LogP contribution in [0.3, 0.4) is 0 Å². The van der Waals surface area contributed by atoms with Gasteiger partial charge in [0.25, 0.3) is 0 Å². The van der Waals surface area contributed by atoms with Crippen LogP contribution in [0.15, 0.2) is 34.9 Å². The van der Waals surface area contributed by atoms with Gasteiger partial charge in [-0.3, -0.25) is 4.98 Å². The van der Waals surface area contributed by atoms with Gasteiger partial charge in [-0.2, -0.15) is 0 Å². The lowest BCUT2D eigenvalue weighted by Crippen LogP contribution is -1.82. The smallest absolute Gasteiger partial charge is 0.0715 e. The summed E-state index contributed by atoms with van der Waals surface area (Å²) >= 11 is 3.40. The molecule has 0 aliphatic carbocycles. The van der Waals surface area contributed by atoms with Gasteiger partial charge in [0.05, 0.1) is 5.52 Å². The van der Waals surface area contributed by atoms with Crippen LogP contribution in [0.5, 0.6) is 0 Å². The number of benzene rings is 1. The number of terminal acetylenes is 1. The summed E-state index contributed by atoms with van der Waals surface area (Å²) in [4.78, 5) is 4.21. The summed E-state index contributed by atoms with van der Waals surface area (Å²) in [5, 5.41) is 1.01. The highest BCUT2D eigenvalue weighted by Crippen LogP contribution is 2.20. The van der Waals surface area contributed by atoms with E-state index in [9.17, 15) is 0 Å². The van der Waals surface area contributed by atoms with E-state index in [0.29, 0.717) is 0 Å². The summed E-state index contributed by atoms with van der Waals surface area (Å²) in [6.07, 6.45) is 7.10. The van der Waals surface area contributed by atoms with Crippen molar-refractivity contribution in [1.29, 1.82) is 0 Å². The Hall–Kier alpha value is -1.33. The molecule has 0 aliphatic rings. The van der Waals surface area contributed by atoms with Gasteiger partial charge in [0.2, 0.25) is 0 Å². The van der Waals surface area contributed by atoms with E-state index in [2.05, 4.69) is 26.8 Å². The third kappa shape index (κ3) is 1.43. The number of fused-ring (bicyclic) bond motifs is 1. The van der Waals surface area contributed by atoms with Crippen molar-refractivity contribution in [2.24, 2.45) is 0 Å². The number of aromatic nitrogens is 1. The van der Waals surface area contributed by atoms with Crippen LogP contribution in [0.2, 0.25) is 0 Å². The van der Waals surface area contributed by atoms with Crippen molar-refractivity contribution in [3.05, 3.63) is 40.5 Å². The first kappa shape index (κ1) is 8.28. The number of nitrogens with zero attached hydrogens (tertiary/aromatic N) is 1. The molecule has 1 nitrogen and oxygen atoms in total. The highest BCUT2D eigenvalue weighted by atomic mass is 79.9. The number of halogens is 1. The van der Waals surface area contributed by atoms with Crippen molar-refractivity contribution in [2.45, 2.75) is 0 Å². The Morgan fingerprint density at radius 2 is 2.15 bits per heavy atom. The summed E-state index contributed by atoms with van der Waals surface area (Å²) in [6.45, 7) is 0. The van der Waals surface area contributed by atoms with Crippen LogP contribution in [0.25, 0.3) is 10.9 Å². The minimum Gasteiger partial charge on any atom is -0.256 e. The third-order valence-electron chi connectivity index (χ3n) is 1.86. The molecule has 0 radical (unpaired) electrons. The van der Waals surface area contributed by atoms with Crippen molar-refractivity contribution in [1.82, 2.24) is 4.98 Å². The zero-order valence-electron chi connectivity index (χ0n) is 6.79. The number of hydrogen-bond acceptors (Lipinski definition) is 1. The largest absolute Gasteiger partial charge is 0.256 e. The quantitative estimate of drug-likeness (QED) is 0.636. The van der Waals surface area contributed by atoms with Crippen molar-refractivity contribution in [2.75, 3.05) is 0 Å². The fourth-order valence-corrected chi connectivity index (χ4v) is 1.61. The average Bonchev–Trinajstić information content (AvgIpc) is 2.17. The van der Waals surface area contributed by atoms with E-state index in [1.165, 1.54) is 0 Å². The maximum absolute atomic E-state index is 5.37. The Morgan fingerprint density at radius 1 is 1.31 bits per heavy atom. The van der Waals surface area contributed by atoms with Gasteiger partial charge >= 0.3 is 0 Å². The first-order valence-corrected chi connectivity index (χ1v) is 4.61. The lowest BCUT2D eigenvalue weighted by atomic mass is 10.1. The van der Waals surface area contributed by atoms with Crippen LogP contribution in [0.4, 0.5) is 0 Å². The molecular formula is C11H6BrN. The second-order valence-corrected chi connectivity index (χ2v) is 3.58. The molecule has 1 aromatic heterocycles. The van der Waals surface area contributed by atoms with Crippen molar-refractivity contribution >= 4 is 26.8 Å². The van der Waals surface area contributed by atoms with Crippen LogP contribution >= 0.6 is 15.9 Å². The van der Waals surface area contributed by atoms with E-state index in [1.807, 2.05) is 24.3 Å². The SMILES string of the molecule is C#Cc1ccnc2ccc(Br)cc12. The van der Waals surface area contributed by atoms with Gasteiger partial charge in [-0.15, -0.1) is 6.42 Å². The molecule has 0 spiro atoms. The molecule has 0 aliphatic heterocycles. The zero-order chi connectivity index (χ0) is 9.26. The Morgan fingerprint density at radius 3 is 2.92 bits per heavy atom. The van der Waals surface area contributed by atoms with Gasteiger partial charge in [0, 0.05) is 21.6 Å². The summed E-state index contributed by atoms with van der Waals surface area (Å²) < 4.78 is 1.02. The minimum absolute atomic E-state index is 0.881. The molecule has 0 fully saturated rings. The molecule has 0 saturated heterocycles. The molecule has 0 atom stereocenters. The predicted octanol–water partition coefficient (Wildman–Crippen LogP) is 2.98. The Bertz CT molecular complexity index is 497. The highest BCUT2D eigenvalue weighted by Gasteiger charge is 1.99. The lowest BCUT2D eigenvalue weighted by Gasteiger charge is -1.99. The van der Waals surface area contributed by atoms with E-state index in [1.54, 1.807) is 6.20 Å². The van der Waals surface area contributed by atoms with Gasteiger partial charge in [0.15, 0.2) is 0 Å². The Balaban J connectivity index is 2.89. The van der Waals surface area contributed by atoms with Crippen LogP contribution in [0.1, 0.15) is 5.56 Å². The van der Waals surface area contributed by atoms with Crippen LogP contribution in [0, 0.1) is 12.3 Å². The van der Waals surface area contributed by atoms with E-state index in [-0.39, 0.29) is 0 Å². The Kier molecular flexibility index (Phi) is 2.03. The highest BCUT2D eigenvalue weighted by molar-refractivity contribution is 9.10. The molecule has 2 aromatic rings. The van der Waals surface area contributed by atoms with Gasteiger partial charge < -0.3 is 0 Å². The van der Waals surface area contributed by atoms with Crippen molar-refractivity contribution < 1.29 is 0 Å². The fourth-order valence-electron chi connectivity index (χ4n) is 1.24. The summed E-state index contributed by atoms with van der Waals surface area (Å²) in [7, 11) is 0. The first-order chi connectivity index (χ1) is 6.31. The molecule has 0 bridgehead atoms. The normalized spacial score (nSPS) is 9.85. The van der Waals surface area contributed by atoms with Crippen LogP contribution < -0.4 is 0 Å². The maximum atomic E-state index is 5.37. The van der Waals surface area contributed by atoms with E-state index >= 15 is 0 Å². The molecule has 0 N–H and O–H groups in total. The van der Waals surface area contributed by atoms with Crippen molar-refractivity contribution in [3.8, 4) is 12.3 Å². The fraction of sp³-hybridized carbons (Fsp3) is 0. The Labute approximate surface area is 84.9 Å². The number of hydrogen-bond donors (Lipinski definition) is 0. The lowest BCUT2D eigenvalue weighted by molar-refractivity contribution is 1.40. The summed E-state index contributed by atoms with van der Waals surface area (Å²) in [6, 6.07) is 7.72. The zero-order valence-corrected chi connectivity index (χ0v) is 8.38. The molecule has 2 heteroatoms. The molecule has 0 saturated carbocycles. The van der Waals surface area contributed by atoms with E-state index in [0.717, 1.165) is 20.9 Å². The number of rotatable bonds is 0. The average molecular weight is 232 g/mol. The second kappa shape index (κ2) is 3.20. The van der Waals surface area contributed by atoms with E-state index in [4.69, 9.17) is 6.42 Å². The molecule has 0 unspecified atom stereocenters. The molecule has 1 heterocycles. The molecule has 1 aromatic carbocycles. The molecule has 13 heavy (non-hydrogen) atoms. The topological polar surface area (TPSA) is 12.9 Å². The van der Waals surface area contributed by atoms with Gasteiger partial charge in [-0.1, -0.05) is 21.9 Å². The molecular weight excluding hydrogens is 226 g/mol. The van der Waals surface area contributed by atoms with E-state index < -0.39 is 0 Å². The monoisotopic (exact) mass is 231 g/mol. The number of pyridine rings is 1. The predicted molar refractivity (Wildman–Crippen MR) is 57.4 cm³/mol. The summed E-state index contributed by atoms with van der Waals surface area (Å²) in [5.74, 6) is 2.64. The molecule has 2 rings (SSSR count).